The third-order valence-electron chi connectivity index (χ3n) is 3.35. The molecule has 0 saturated carbocycles. The third-order valence-corrected chi connectivity index (χ3v) is 3.35. The maximum atomic E-state index is 12.3. The average Bonchev–Trinajstić information content (AvgIpc) is 2.61. The highest BCUT2D eigenvalue weighted by Crippen LogP contribution is 2.13. The molecule has 0 aromatic heterocycles. The molecule has 5 nitrogen and oxygen atoms in total. The van der Waals surface area contributed by atoms with Gasteiger partial charge in [0.15, 0.2) is 0 Å². The van der Waals surface area contributed by atoms with Crippen LogP contribution >= 0.6 is 0 Å². The van der Waals surface area contributed by atoms with Gasteiger partial charge in [-0.1, -0.05) is 36.9 Å². The van der Waals surface area contributed by atoms with Gasteiger partial charge in [0.2, 0.25) is 5.91 Å². The van der Waals surface area contributed by atoms with E-state index in [4.69, 9.17) is 10.5 Å². The summed E-state index contributed by atoms with van der Waals surface area (Å²) in [6, 6.07) is 9.72. The topological polar surface area (TPSA) is 81.4 Å². The second kappa shape index (κ2) is 12.1. The van der Waals surface area contributed by atoms with Crippen LogP contribution in [0.4, 0.5) is 0 Å². The van der Waals surface area contributed by atoms with Gasteiger partial charge in [-0.05, 0) is 43.9 Å². The zero-order chi connectivity index (χ0) is 17.6. The largest absolute Gasteiger partial charge is 0.463 e. The number of unbranched alkanes of at least 4 members (excludes halogenated alkanes) is 1. The Hall–Kier alpha value is -2.40. The Morgan fingerprint density at radius 3 is 2.58 bits per heavy atom. The molecule has 0 atom stereocenters. The van der Waals surface area contributed by atoms with Crippen molar-refractivity contribution in [2.75, 3.05) is 19.7 Å². The summed E-state index contributed by atoms with van der Waals surface area (Å²) in [5.41, 5.74) is 7.15. The van der Waals surface area contributed by atoms with Gasteiger partial charge < -0.3 is 15.8 Å². The van der Waals surface area contributed by atoms with E-state index in [-0.39, 0.29) is 5.91 Å². The summed E-state index contributed by atoms with van der Waals surface area (Å²) in [4.78, 5) is 23.3. The first-order valence-corrected chi connectivity index (χ1v) is 8.20. The normalized spacial score (nSPS) is 11.0. The van der Waals surface area contributed by atoms with Gasteiger partial charge in [0, 0.05) is 18.2 Å². The number of amides is 1. The number of esters is 1. The summed E-state index contributed by atoms with van der Waals surface area (Å²) in [5.74, 6) is -0.495. The molecule has 0 heterocycles. The fourth-order valence-electron chi connectivity index (χ4n) is 2.07. The highest BCUT2D eigenvalue weighted by atomic mass is 16.5. The number of hydrogen-bond acceptors (Lipinski definition) is 4. The van der Waals surface area contributed by atoms with E-state index < -0.39 is 5.97 Å². The lowest BCUT2D eigenvalue weighted by Crippen LogP contribution is -2.27. The fraction of sp³-hybridized carbons (Fsp3) is 0.368. The molecule has 0 aliphatic rings. The summed E-state index contributed by atoms with van der Waals surface area (Å²) >= 11 is 0. The van der Waals surface area contributed by atoms with Gasteiger partial charge >= 0.3 is 5.97 Å². The van der Waals surface area contributed by atoms with Gasteiger partial charge in [0.05, 0.1) is 6.61 Å². The molecular weight excluding hydrogens is 304 g/mol. The molecule has 0 bridgehead atoms. The predicted molar refractivity (Wildman–Crippen MR) is 96.1 cm³/mol. The summed E-state index contributed by atoms with van der Waals surface area (Å²) in [5, 5.41) is 2.89. The van der Waals surface area contributed by atoms with Crippen LogP contribution in [0.3, 0.4) is 0 Å². The van der Waals surface area contributed by atoms with Gasteiger partial charge in [-0.2, -0.15) is 0 Å². The van der Waals surface area contributed by atoms with Crippen molar-refractivity contribution in [3.05, 3.63) is 54.1 Å². The van der Waals surface area contributed by atoms with Crippen LogP contribution in [0.1, 0.15) is 31.2 Å². The number of nitrogens with two attached hydrogens (primary N) is 1. The minimum Gasteiger partial charge on any atom is -0.463 e. The van der Waals surface area contributed by atoms with E-state index in [0.717, 1.165) is 24.5 Å². The molecule has 3 N–H and O–H groups in total. The second-order valence-corrected chi connectivity index (χ2v) is 5.31. The van der Waals surface area contributed by atoms with E-state index in [9.17, 15) is 9.59 Å². The lowest BCUT2D eigenvalue weighted by molar-refractivity contribution is -0.137. The number of benzene rings is 1. The van der Waals surface area contributed by atoms with E-state index in [0.29, 0.717) is 38.1 Å². The highest BCUT2D eigenvalue weighted by Gasteiger charge is 2.09. The van der Waals surface area contributed by atoms with E-state index in [2.05, 4.69) is 11.9 Å². The zero-order valence-electron chi connectivity index (χ0n) is 14.0. The Labute approximate surface area is 143 Å². The molecule has 1 aromatic carbocycles. The molecule has 0 fully saturated rings. The first kappa shape index (κ1) is 19.6. The van der Waals surface area contributed by atoms with Crippen molar-refractivity contribution in [3.8, 4) is 0 Å². The van der Waals surface area contributed by atoms with Gasteiger partial charge in [-0.25, -0.2) is 4.79 Å². The van der Waals surface area contributed by atoms with Gasteiger partial charge in [-0.15, -0.1) is 0 Å². The van der Waals surface area contributed by atoms with E-state index in [1.165, 1.54) is 0 Å². The molecule has 1 amide bonds. The van der Waals surface area contributed by atoms with E-state index in [1.54, 1.807) is 0 Å². The lowest BCUT2D eigenvalue weighted by atomic mass is 10.0. The van der Waals surface area contributed by atoms with Gasteiger partial charge in [0.25, 0.3) is 0 Å². The SMILES string of the molecule is C=CC(=O)OCCCCC(=Cc1ccccc1)C(=O)NCCCN. The molecule has 0 spiro atoms. The molecule has 1 rings (SSSR count). The fourth-order valence-corrected chi connectivity index (χ4v) is 2.07. The second-order valence-electron chi connectivity index (χ2n) is 5.31. The Bertz CT molecular complexity index is 553. The zero-order valence-corrected chi connectivity index (χ0v) is 14.0. The molecule has 0 unspecified atom stereocenters. The maximum Gasteiger partial charge on any atom is 0.330 e. The molecule has 1 aromatic rings. The van der Waals surface area contributed by atoms with Crippen LogP contribution in [0.25, 0.3) is 6.08 Å². The van der Waals surface area contributed by atoms with Crippen LogP contribution in [0.15, 0.2) is 48.6 Å². The van der Waals surface area contributed by atoms with Crippen molar-refractivity contribution in [2.24, 2.45) is 5.73 Å². The molecule has 0 aliphatic heterocycles. The van der Waals surface area contributed by atoms with Crippen molar-refractivity contribution in [1.29, 1.82) is 0 Å². The van der Waals surface area contributed by atoms with Crippen molar-refractivity contribution in [1.82, 2.24) is 5.32 Å². The van der Waals surface area contributed by atoms with Crippen LogP contribution in [-0.2, 0) is 14.3 Å². The molecule has 0 radical (unpaired) electrons. The van der Waals surface area contributed by atoms with E-state index in [1.807, 2.05) is 36.4 Å². The number of rotatable bonds is 11. The number of carbonyl (C=O) groups excluding carboxylic acids is 2. The Morgan fingerprint density at radius 1 is 1.17 bits per heavy atom. The summed E-state index contributed by atoms with van der Waals surface area (Å²) in [6.07, 6.45) is 5.87. The highest BCUT2D eigenvalue weighted by molar-refractivity contribution is 5.97. The van der Waals surface area contributed by atoms with E-state index >= 15 is 0 Å². The molecule has 24 heavy (non-hydrogen) atoms. The minimum absolute atomic E-state index is 0.0737. The van der Waals surface area contributed by atoms with Crippen molar-refractivity contribution in [3.63, 3.8) is 0 Å². The summed E-state index contributed by atoms with van der Waals surface area (Å²) in [7, 11) is 0. The standard InChI is InChI=1S/C19H26N2O3/c1-2-18(22)24-14-7-6-11-17(19(23)21-13-8-12-20)15-16-9-4-3-5-10-16/h2-5,9-10,15H,1,6-8,11-14,20H2,(H,21,23). The summed E-state index contributed by atoms with van der Waals surface area (Å²) in [6.45, 7) is 4.80. The first-order chi connectivity index (χ1) is 11.7. The Morgan fingerprint density at radius 2 is 1.92 bits per heavy atom. The van der Waals surface area contributed by atoms with Gasteiger partial charge in [-0.3, -0.25) is 4.79 Å². The van der Waals surface area contributed by atoms with Crippen LogP contribution in [-0.4, -0.2) is 31.6 Å². The number of nitrogens with one attached hydrogen (secondary N) is 1. The van der Waals surface area contributed by atoms with Crippen LogP contribution in [0.2, 0.25) is 0 Å². The average molecular weight is 330 g/mol. The number of hydrogen-bond donors (Lipinski definition) is 2. The third kappa shape index (κ3) is 8.29. The van der Waals surface area contributed by atoms with Crippen LogP contribution in [0.5, 0.6) is 0 Å². The summed E-state index contributed by atoms with van der Waals surface area (Å²) < 4.78 is 4.94. The van der Waals surface area contributed by atoms with Crippen molar-refractivity contribution < 1.29 is 14.3 Å². The molecule has 130 valence electrons. The predicted octanol–water partition coefficient (Wildman–Crippen LogP) is 2.43. The Balaban J connectivity index is 2.57. The maximum absolute atomic E-state index is 12.3. The molecule has 0 aliphatic carbocycles. The lowest BCUT2D eigenvalue weighted by Gasteiger charge is -2.09. The van der Waals surface area contributed by atoms with Crippen LogP contribution in [0, 0.1) is 0 Å². The molecule has 5 heteroatoms. The number of ether oxygens (including phenoxy) is 1. The molecular formula is C19H26N2O3. The Kier molecular flexibility index (Phi) is 9.88. The molecule has 0 saturated heterocycles. The van der Waals surface area contributed by atoms with Crippen LogP contribution < -0.4 is 11.1 Å². The van der Waals surface area contributed by atoms with Crippen molar-refractivity contribution >= 4 is 18.0 Å². The monoisotopic (exact) mass is 330 g/mol. The van der Waals surface area contributed by atoms with Crippen molar-refractivity contribution in [2.45, 2.75) is 25.7 Å². The van der Waals surface area contributed by atoms with Gasteiger partial charge in [0.1, 0.15) is 0 Å². The number of carbonyl (C=O) groups is 2. The minimum atomic E-state index is -0.422. The smallest absolute Gasteiger partial charge is 0.330 e. The first-order valence-electron chi connectivity index (χ1n) is 8.20. The quantitative estimate of drug-likeness (QED) is 0.371.